The van der Waals surface area contributed by atoms with Gasteiger partial charge in [0.05, 0.1) is 0 Å². The minimum Gasteiger partial charge on any atom is -0.368 e. The number of nitrogens with zero attached hydrogens (tertiary/aromatic N) is 2. The first kappa shape index (κ1) is 12.0. The van der Waals surface area contributed by atoms with E-state index in [2.05, 4.69) is 15.3 Å². The summed E-state index contributed by atoms with van der Waals surface area (Å²) in [7, 11) is 0. The lowest BCUT2D eigenvalue weighted by atomic mass is 10.2. The number of aryl methyl sites for hydroxylation is 1. The summed E-state index contributed by atoms with van der Waals surface area (Å²) in [5.41, 5.74) is 7.32. The van der Waals surface area contributed by atoms with Gasteiger partial charge in [0.1, 0.15) is 11.0 Å². The standard InChI is InChI=1S/C11H10Cl2N4/c1-6-2-3-7(4-8(6)12)15-10-5-9(13)16-11(14)17-10/h2-5H,1H3,(H3,14,15,16,17). The van der Waals surface area contributed by atoms with Crippen molar-refractivity contribution in [2.75, 3.05) is 11.1 Å². The minimum atomic E-state index is 0.123. The second-order valence-corrected chi connectivity index (χ2v) is 4.32. The van der Waals surface area contributed by atoms with Crippen molar-refractivity contribution in [3.63, 3.8) is 0 Å². The Morgan fingerprint density at radius 1 is 1.18 bits per heavy atom. The molecule has 3 N–H and O–H groups in total. The smallest absolute Gasteiger partial charge is 0.223 e. The van der Waals surface area contributed by atoms with Crippen molar-refractivity contribution in [1.29, 1.82) is 0 Å². The van der Waals surface area contributed by atoms with Crippen LogP contribution < -0.4 is 11.1 Å². The molecule has 0 unspecified atom stereocenters. The predicted octanol–water partition coefficient (Wildman–Crippen LogP) is 3.42. The van der Waals surface area contributed by atoms with Gasteiger partial charge in [0.15, 0.2) is 0 Å². The number of nitrogens with two attached hydrogens (primary N) is 1. The molecule has 0 aliphatic rings. The fourth-order valence-corrected chi connectivity index (χ4v) is 1.69. The van der Waals surface area contributed by atoms with Gasteiger partial charge in [-0.05, 0) is 24.6 Å². The van der Waals surface area contributed by atoms with Crippen LogP contribution in [0.4, 0.5) is 17.5 Å². The first-order valence-electron chi connectivity index (χ1n) is 4.88. The van der Waals surface area contributed by atoms with Gasteiger partial charge in [0.25, 0.3) is 0 Å². The molecule has 0 aliphatic heterocycles. The van der Waals surface area contributed by atoms with E-state index < -0.39 is 0 Å². The Morgan fingerprint density at radius 3 is 2.59 bits per heavy atom. The van der Waals surface area contributed by atoms with Crippen molar-refractivity contribution in [2.24, 2.45) is 0 Å². The molecule has 0 radical (unpaired) electrons. The van der Waals surface area contributed by atoms with Crippen LogP contribution in [0.5, 0.6) is 0 Å². The van der Waals surface area contributed by atoms with Crippen molar-refractivity contribution in [3.05, 3.63) is 40.0 Å². The minimum absolute atomic E-state index is 0.123. The molecule has 2 aromatic rings. The van der Waals surface area contributed by atoms with Crippen LogP contribution in [0.2, 0.25) is 10.2 Å². The molecule has 1 aromatic carbocycles. The van der Waals surface area contributed by atoms with Gasteiger partial charge in [0, 0.05) is 16.8 Å². The lowest BCUT2D eigenvalue weighted by Crippen LogP contribution is -2.00. The lowest BCUT2D eigenvalue weighted by molar-refractivity contribution is 1.18. The Labute approximate surface area is 109 Å². The Morgan fingerprint density at radius 2 is 1.94 bits per heavy atom. The zero-order chi connectivity index (χ0) is 12.4. The van der Waals surface area contributed by atoms with Crippen molar-refractivity contribution < 1.29 is 0 Å². The molecule has 0 saturated carbocycles. The van der Waals surface area contributed by atoms with Crippen LogP contribution in [0.3, 0.4) is 0 Å². The number of halogens is 2. The second-order valence-electron chi connectivity index (χ2n) is 3.52. The van der Waals surface area contributed by atoms with E-state index in [9.17, 15) is 0 Å². The molecule has 17 heavy (non-hydrogen) atoms. The highest BCUT2D eigenvalue weighted by atomic mass is 35.5. The molecular weight excluding hydrogens is 259 g/mol. The number of nitrogen functional groups attached to an aromatic ring is 1. The van der Waals surface area contributed by atoms with Gasteiger partial charge in [-0.3, -0.25) is 0 Å². The van der Waals surface area contributed by atoms with Crippen LogP contribution in [-0.4, -0.2) is 9.97 Å². The maximum absolute atomic E-state index is 6.02. The molecule has 4 nitrogen and oxygen atoms in total. The van der Waals surface area contributed by atoms with Gasteiger partial charge in [-0.15, -0.1) is 0 Å². The Balaban J connectivity index is 2.28. The maximum Gasteiger partial charge on any atom is 0.223 e. The van der Waals surface area contributed by atoms with E-state index >= 15 is 0 Å². The maximum atomic E-state index is 6.02. The number of anilines is 3. The lowest BCUT2D eigenvalue weighted by Gasteiger charge is -2.07. The third kappa shape index (κ3) is 2.99. The van der Waals surface area contributed by atoms with Crippen LogP contribution in [0, 0.1) is 6.92 Å². The zero-order valence-electron chi connectivity index (χ0n) is 9.04. The molecule has 0 spiro atoms. The summed E-state index contributed by atoms with van der Waals surface area (Å²) < 4.78 is 0. The highest BCUT2D eigenvalue weighted by molar-refractivity contribution is 6.31. The molecule has 1 heterocycles. The van der Waals surface area contributed by atoms with E-state index in [-0.39, 0.29) is 5.95 Å². The molecular formula is C11H10Cl2N4. The topological polar surface area (TPSA) is 63.8 Å². The molecule has 2 rings (SSSR count). The molecule has 0 amide bonds. The van der Waals surface area contributed by atoms with Gasteiger partial charge in [-0.25, -0.2) is 4.98 Å². The first-order valence-corrected chi connectivity index (χ1v) is 5.63. The summed E-state index contributed by atoms with van der Waals surface area (Å²) in [6.45, 7) is 1.94. The number of benzene rings is 1. The summed E-state index contributed by atoms with van der Waals surface area (Å²) in [6.07, 6.45) is 0. The van der Waals surface area contributed by atoms with E-state index in [1.54, 1.807) is 6.07 Å². The Hall–Kier alpha value is -1.52. The highest BCUT2D eigenvalue weighted by Gasteiger charge is 2.02. The normalized spacial score (nSPS) is 10.3. The molecule has 0 aliphatic carbocycles. The van der Waals surface area contributed by atoms with Gasteiger partial charge >= 0.3 is 0 Å². The highest BCUT2D eigenvalue weighted by Crippen LogP contribution is 2.23. The summed E-state index contributed by atoms with van der Waals surface area (Å²) in [4.78, 5) is 7.78. The van der Waals surface area contributed by atoms with Crippen LogP contribution in [0.25, 0.3) is 0 Å². The first-order chi connectivity index (χ1) is 8.04. The predicted molar refractivity (Wildman–Crippen MR) is 70.9 cm³/mol. The molecule has 0 bridgehead atoms. The fraction of sp³-hybridized carbons (Fsp3) is 0.0909. The average Bonchev–Trinajstić information content (AvgIpc) is 2.22. The zero-order valence-corrected chi connectivity index (χ0v) is 10.5. The number of hydrogen-bond donors (Lipinski definition) is 2. The number of hydrogen-bond acceptors (Lipinski definition) is 4. The average molecular weight is 269 g/mol. The second kappa shape index (κ2) is 4.77. The van der Waals surface area contributed by atoms with E-state index in [0.29, 0.717) is 16.0 Å². The Kier molecular flexibility index (Phi) is 3.36. The molecule has 88 valence electrons. The van der Waals surface area contributed by atoms with E-state index in [1.165, 1.54) is 0 Å². The monoisotopic (exact) mass is 268 g/mol. The summed E-state index contributed by atoms with van der Waals surface area (Å²) in [6, 6.07) is 7.21. The molecule has 0 fully saturated rings. The SMILES string of the molecule is Cc1ccc(Nc2cc(Cl)nc(N)n2)cc1Cl. The van der Waals surface area contributed by atoms with Crippen molar-refractivity contribution >= 4 is 40.7 Å². The van der Waals surface area contributed by atoms with Gasteiger partial charge in [-0.1, -0.05) is 29.3 Å². The van der Waals surface area contributed by atoms with Gasteiger partial charge < -0.3 is 11.1 Å². The van der Waals surface area contributed by atoms with Crippen LogP contribution in [0.1, 0.15) is 5.56 Å². The number of nitrogens with one attached hydrogen (secondary N) is 1. The number of rotatable bonds is 2. The van der Waals surface area contributed by atoms with E-state index in [0.717, 1.165) is 11.3 Å². The molecule has 6 heteroatoms. The Bertz CT molecular complexity index is 537. The fourth-order valence-electron chi connectivity index (χ4n) is 1.32. The third-order valence-corrected chi connectivity index (χ3v) is 2.76. The summed E-state index contributed by atoms with van der Waals surface area (Å²) in [5, 5.41) is 4.03. The van der Waals surface area contributed by atoms with Crippen LogP contribution >= 0.6 is 23.2 Å². The summed E-state index contributed by atoms with van der Waals surface area (Å²) in [5.74, 6) is 0.653. The molecule has 0 atom stereocenters. The summed E-state index contributed by atoms with van der Waals surface area (Å²) >= 11 is 11.8. The van der Waals surface area contributed by atoms with Crippen LogP contribution in [0.15, 0.2) is 24.3 Å². The van der Waals surface area contributed by atoms with Crippen molar-refractivity contribution in [2.45, 2.75) is 6.92 Å². The van der Waals surface area contributed by atoms with E-state index in [4.69, 9.17) is 28.9 Å². The third-order valence-electron chi connectivity index (χ3n) is 2.16. The van der Waals surface area contributed by atoms with Crippen LogP contribution in [-0.2, 0) is 0 Å². The van der Waals surface area contributed by atoms with Gasteiger partial charge in [-0.2, -0.15) is 4.98 Å². The number of aromatic nitrogens is 2. The molecule has 1 aromatic heterocycles. The van der Waals surface area contributed by atoms with Crippen molar-refractivity contribution in [1.82, 2.24) is 9.97 Å². The quantitative estimate of drug-likeness (QED) is 0.820. The van der Waals surface area contributed by atoms with Gasteiger partial charge in [0.2, 0.25) is 5.95 Å². The molecule has 0 saturated heterocycles. The van der Waals surface area contributed by atoms with E-state index in [1.807, 2.05) is 25.1 Å². The van der Waals surface area contributed by atoms with Crippen molar-refractivity contribution in [3.8, 4) is 0 Å². The largest absolute Gasteiger partial charge is 0.368 e.